The number of aliphatic hydroxyl groups excluding tert-OH is 1. The number of hydrazone groups is 1. The van der Waals surface area contributed by atoms with Gasteiger partial charge in [0.2, 0.25) is 14.3 Å². The number of aromatic nitrogens is 3. The van der Waals surface area contributed by atoms with Crippen LogP contribution in [0.3, 0.4) is 0 Å². The van der Waals surface area contributed by atoms with Crippen LogP contribution in [-0.4, -0.2) is 58.7 Å². The van der Waals surface area contributed by atoms with Crippen molar-refractivity contribution in [2.24, 2.45) is 11.0 Å². The molecule has 4 aromatic carbocycles. The molecule has 1 fully saturated rings. The number of carbonyl (C=O) groups is 2. The third-order valence-electron chi connectivity index (χ3n) is 11.5. The van der Waals surface area contributed by atoms with Crippen molar-refractivity contribution in [1.82, 2.24) is 15.0 Å². The molecular formula is C43H44ClFN6O4Si. The fraction of sp³-hybridized carbons (Fsp3) is 0.326. The van der Waals surface area contributed by atoms with Crippen molar-refractivity contribution in [3.05, 3.63) is 142 Å². The molecule has 0 radical (unpaired) electrons. The van der Waals surface area contributed by atoms with E-state index in [-0.39, 0.29) is 30.9 Å². The maximum absolute atomic E-state index is 16.5. The van der Waals surface area contributed by atoms with Crippen LogP contribution in [-0.2, 0) is 33.0 Å². The van der Waals surface area contributed by atoms with E-state index in [1.807, 2.05) is 104 Å². The number of amides is 2. The number of hydrogen-bond donors (Lipinski definition) is 1. The fourth-order valence-corrected chi connectivity index (χ4v) is 11.6. The molecule has 5 atom stereocenters. The van der Waals surface area contributed by atoms with E-state index in [2.05, 4.69) is 10.3 Å². The van der Waals surface area contributed by atoms with Crippen molar-refractivity contribution >= 4 is 48.9 Å². The number of fused-ring (bicyclic) bond motifs is 2. The summed E-state index contributed by atoms with van der Waals surface area (Å²) >= 11 is 6.62. The van der Waals surface area contributed by atoms with E-state index in [0.717, 1.165) is 22.4 Å². The monoisotopic (exact) mass is 790 g/mol. The first-order valence-electron chi connectivity index (χ1n) is 19.1. The van der Waals surface area contributed by atoms with Gasteiger partial charge in [-0.3, -0.25) is 14.3 Å². The van der Waals surface area contributed by atoms with Gasteiger partial charge in [-0.05, 0) is 66.5 Å². The lowest BCUT2D eigenvalue weighted by Crippen LogP contribution is -2.45. The molecule has 8 rings (SSSR count). The third-order valence-corrected chi connectivity index (χ3v) is 14.2. The maximum atomic E-state index is 16.5. The zero-order valence-corrected chi connectivity index (χ0v) is 33.3. The molecule has 1 unspecified atom stereocenters. The minimum atomic E-state index is -3.43. The van der Waals surface area contributed by atoms with Crippen LogP contribution in [0.15, 0.2) is 114 Å². The molecule has 0 aliphatic carbocycles. The number of ether oxygens (including phenoxy) is 1. The van der Waals surface area contributed by atoms with Gasteiger partial charge in [-0.2, -0.15) is 5.10 Å². The predicted molar refractivity (Wildman–Crippen MR) is 217 cm³/mol. The van der Waals surface area contributed by atoms with Crippen LogP contribution >= 0.6 is 11.6 Å². The fourth-order valence-electron chi connectivity index (χ4n) is 8.90. The van der Waals surface area contributed by atoms with Crippen LogP contribution in [0.1, 0.15) is 60.1 Å². The number of anilines is 2. The summed E-state index contributed by atoms with van der Waals surface area (Å²) in [6, 6.07) is 32.3. The number of carbonyl (C=O) groups excluding carboxylic acids is 2. The van der Waals surface area contributed by atoms with E-state index < -0.39 is 31.6 Å². The normalized spacial score (nSPS) is 22.8. The van der Waals surface area contributed by atoms with Gasteiger partial charge in [-0.1, -0.05) is 96.5 Å². The van der Waals surface area contributed by atoms with Crippen LogP contribution in [0.2, 0.25) is 23.7 Å². The van der Waals surface area contributed by atoms with E-state index in [0.29, 0.717) is 53.5 Å². The summed E-state index contributed by atoms with van der Waals surface area (Å²) in [4.78, 5) is 29.9. The first-order chi connectivity index (χ1) is 27.0. The Kier molecular flexibility index (Phi) is 10.2. The number of hydrogen-bond acceptors (Lipinski definition) is 7. The minimum Gasteiger partial charge on any atom is -0.395 e. The molecule has 288 valence electrons. The van der Waals surface area contributed by atoms with Gasteiger partial charge < -0.3 is 18.9 Å². The van der Waals surface area contributed by atoms with Crippen LogP contribution in [0, 0.1) is 5.92 Å². The number of aliphatic hydroxyl groups is 1. The van der Waals surface area contributed by atoms with E-state index in [1.54, 1.807) is 34.8 Å². The summed E-state index contributed by atoms with van der Waals surface area (Å²) in [6.07, 6.45) is 2.51. The Labute approximate surface area is 331 Å². The van der Waals surface area contributed by atoms with E-state index in [1.165, 1.54) is 5.01 Å². The molecule has 1 N–H and O–H groups in total. The highest BCUT2D eigenvalue weighted by atomic mass is 35.5. The van der Waals surface area contributed by atoms with Gasteiger partial charge in [0.05, 0.1) is 48.0 Å². The molecule has 2 amide bonds. The molecule has 0 saturated carbocycles. The van der Waals surface area contributed by atoms with Crippen LogP contribution < -0.4 is 9.91 Å². The number of aryl methyl sites for hydroxylation is 1. The molecule has 3 aliphatic rings. The SMILES string of the molecule is C[C@H]1[C@H]([Si](C)(C)F)[C@@H](CCn2cc(C(CO)c3ccccc3)nn2)O[C@]12C(=O)N(Cc1cccc(N3N=C(c4ccccc4)CCC3=O)c1)c1ccc(Cl)cc12. The van der Waals surface area contributed by atoms with Crippen molar-refractivity contribution in [3.63, 3.8) is 0 Å². The summed E-state index contributed by atoms with van der Waals surface area (Å²) < 4.78 is 25.2. The summed E-state index contributed by atoms with van der Waals surface area (Å²) in [6.45, 7) is 5.73. The van der Waals surface area contributed by atoms with Crippen LogP contribution in [0.4, 0.5) is 15.5 Å². The Morgan fingerprint density at radius 2 is 1.73 bits per heavy atom. The predicted octanol–water partition coefficient (Wildman–Crippen LogP) is 8.00. The van der Waals surface area contributed by atoms with Gasteiger partial charge in [0, 0.05) is 47.6 Å². The third kappa shape index (κ3) is 6.89. The Bertz CT molecular complexity index is 2280. The van der Waals surface area contributed by atoms with Gasteiger partial charge in [-0.25, -0.2) is 5.01 Å². The Morgan fingerprint density at radius 1 is 0.982 bits per heavy atom. The molecule has 1 aromatic heterocycles. The zero-order valence-electron chi connectivity index (χ0n) is 31.6. The summed E-state index contributed by atoms with van der Waals surface area (Å²) in [5.74, 6) is -1.20. The van der Waals surface area contributed by atoms with E-state index in [9.17, 15) is 9.90 Å². The second kappa shape index (κ2) is 15.1. The number of rotatable bonds is 11. The average Bonchev–Trinajstić information content (AvgIpc) is 3.85. The zero-order chi connectivity index (χ0) is 39.2. The standard InChI is InChI=1S/C43H44ClFN6O4Si/c1-28-41(56(2,3)45)39(21-22-49-26-37(46-48-49)34(27-52)30-12-6-4-7-13-30)55-43(28)35-24-32(44)17-19-38(35)50(42(43)54)25-29-11-10-16-33(23-29)51-40(53)20-18-36(47-51)31-14-8-5-9-15-31/h4-17,19,23-24,26,28,34,39,41,52H,18,20-22,25,27H2,1-3H3/t28-,34?,39+,41-,43+/m0/s1. The molecule has 0 bridgehead atoms. The first-order valence-corrected chi connectivity index (χ1v) is 22.4. The van der Waals surface area contributed by atoms with E-state index in [4.69, 9.17) is 21.4 Å². The van der Waals surface area contributed by atoms with Crippen molar-refractivity contribution in [2.45, 2.75) is 75.5 Å². The molecule has 1 saturated heterocycles. The first kappa shape index (κ1) is 37.9. The Hall–Kier alpha value is -5.01. The second-order valence-electron chi connectivity index (χ2n) is 15.5. The van der Waals surface area contributed by atoms with Crippen molar-refractivity contribution in [1.29, 1.82) is 0 Å². The minimum absolute atomic E-state index is 0.104. The second-order valence-corrected chi connectivity index (χ2v) is 19.7. The molecule has 10 nitrogen and oxygen atoms in total. The smallest absolute Gasteiger partial charge is 0.264 e. The molecular weight excluding hydrogens is 747 g/mol. The highest BCUT2D eigenvalue weighted by molar-refractivity contribution is 6.72. The van der Waals surface area contributed by atoms with Gasteiger partial charge in [0.25, 0.3) is 5.91 Å². The number of benzene rings is 4. The molecule has 3 aliphatic heterocycles. The van der Waals surface area contributed by atoms with Gasteiger partial charge in [-0.15, -0.1) is 5.10 Å². The quantitative estimate of drug-likeness (QED) is 0.107. The topological polar surface area (TPSA) is 113 Å². The number of halogens is 2. The molecule has 13 heteroatoms. The largest absolute Gasteiger partial charge is 0.395 e. The van der Waals surface area contributed by atoms with Crippen molar-refractivity contribution in [3.8, 4) is 0 Å². The highest BCUT2D eigenvalue weighted by Gasteiger charge is 2.66. The van der Waals surface area contributed by atoms with Gasteiger partial charge >= 0.3 is 0 Å². The van der Waals surface area contributed by atoms with Crippen molar-refractivity contribution < 1.29 is 23.5 Å². The highest BCUT2D eigenvalue weighted by Crippen LogP contribution is 2.60. The van der Waals surface area contributed by atoms with Crippen molar-refractivity contribution in [2.75, 3.05) is 16.5 Å². The number of nitrogens with zero attached hydrogens (tertiary/aromatic N) is 6. The van der Waals surface area contributed by atoms with Gasteiger partial charge in [0.1, 0.15) is 0 Å². The molecule has 5 aromatic rings. The summed E-state index contributed by atoms with van der Waals surface area (Å²) in [5.41, 5.74) is 4.09. The Balaban J connectivity index is 1.07. The maximum Gasteiger partial charge on any atom is 0.264 e. The molecule has 1 spiro atoms. The summed E-state index contributed by atoms with van der Waals surface area (Å²) in [5, 5.41) is 25.5. The Morgan fingerprint density at radius 3 is 2.46 bits per heavy atom. The molecule has 56 heavy (non-hydrogen) atoms. The van der Waals surface area contributed by atoms with E-state index >= 15 is 8.90 Å². The lowest BCUT2D eigenvalue weighted by molar-refractivity contribution is -0.146. The van der Waals surface area contributed by atoms with Crippen LogP contribution in [0.5, 0.6) is 0 Å². The average molecular weight is 791 g/mol. The summed E-state index contributed by atoms with van der Waals surface area (Å²) in [7, 11) is -3.43. The molecule has 4 heterocycles. The van der Waals surface area contributed by atoms with Gasteiger partial charge in [0.15, 0.2) is 5.60 Å². The lowest BCUT2D eigenvalue weighted by Gasteiger charge is -2.31. The lowest BCUT2D eigenvalue weighted by atomic mass is 9.82. The van der Waals surface area contributed by atoms with Crippen LogP contribution in [0.25, 0.3) is 0 Å².